The van der Waals surface area contributed by atoms with Crippen molar-refractivity contribution in [2.24, 2.45) is 0 Å². The Balaban J connectivity index is 1.82. The van der Waals surface area contributed by atoms with Crippen molar-refractivity contribution in [3.8, 4) is 5.69 Å². The minimum absolute atomic E-state index is 0.335. The van der Waals surface area contributed by atoms with Crippen LogP contribution < -0.4 is 5.32 Å². The normalized spacial score (nSPS) is 12.5. The van der Waals surface area contributed by atoms with Crippen molar-refractivity contribution < 1.29 is 0 Å². The van der Waals surface area contributed by atoms with Crippen LogP contribution in [-0.2, 0) is 0 Å². The van der Waals surface area contributed by atoms with Crippen molar-refractivity contribution in [2.45, 2.75) is 32.2 Å². The Morgan fingerprint density at radius 1 is 1.29 bits per heavy atom. The van der Waals surface area contributed by atoms with Gasteiger partial charge in [-0.2, -0.15) is 11.8 Å². The van der Waals surface area contributed by atoms with E-state index in [1.165, 1.54) is 30.6 Å². The first-order valence-corrected chi connectivity index (χ1v) is 8.76. The molecule has 0 aliphatic heterocycles. The van der Waals surface area contributed by atoms with E-state index in [0.29, 0.717) is 6.04 Å². The first kappa shape index (κ1) is 16.0. The first-order chi connectivity index (χ1) is 10.3. The van der Waals surface area contributed by atoms with Gasteiger partial charge in [0.25, 0.3) is 0 Å². The van der Waals surface area contributed by atoms with Gasteiger partial charge in [0, 0.05) is 6.04 Å². The number of tetrazole rings is 1. The number of thioether (sulfide) groups is 1. The van der Waals surface area contributed by atoms with E-state index in [9.17, 15) is 0 Å². The van der Waals surface area contributed by atoms with E-state index in [1.54, 1.807) is 11.0 Å². The Kier molecular flexibility index (Phi) is 6.69. The molecule has 21 heavy (non-hydrogen) atoms. The number of nitrogens with one attached hydrogen (secondary N) is 1. The van der Waals surface area contributed by atoms with E-state index in [2.05, 4.69) is 46.2 Å². The third kappa shape index (κ3) is 5.13. The Bertz CT molecular complexity index is 515. The van der Waals surface area contributed by atoms with Crippen LogP contribution in [0.1, 0.15) is 37.8 Å². The molecule has 2 aromatic rings. The predicted octanol–water partition coefficient (Wildman–Crippen LogP) is 2.85. The highest BCUT2D eigenvalue weighted by atomic mass is 32.2. The second-order valence-electron chi connectivity index (χ2n) is 5.08. The van der Waals surface area contributed by atoms with Crippen LogP contribution in [0.15, 0.2) is 30.6 Å². The lowest BCUT2D eigenvalue weighted by molar-refractivity contribution is 0.544. The molecule has 1 N–H and O–H groups in total. The molecule has 0 amide bonds. The Morgan fingerprint density at radius 3 is 2.95 bits per heavy atom. The monoisotopic (exact) mass is 305 g/mol. The summed E-state index contributed by atoms with van der Waals surface area (Å²) in [5.41, 5.74) is 2.25. The maximum atomic E-state index is 3.92. The van der Waals surface area contributed by atoms with E-state index < -0.39 is 0 Å². The number of hydrogen-bond donors (Lipinski definition) is 1. The average Bonchev–Trinajstić information content (AvgIpc) is 3.05. The lowest BCUT2D eigenvalue weighted by Crippen LogP contribution is -2.20. The number of nitrogens with zero attached hydrogens (tertiary/aromatic N) is 4. The Labute approximate surface area is 130 Å². The highest BCUT2D eigenvalue weighted by Crippen LogP contribution is 2.16. The second-order valence-corrected chi connectivity index (χ2v) is 6.06. The highest BCUT2D eigenvalue weighted by Gasteiger charge is 2.06. The van der Waals surface area contributed by atoms with E-state index in [4.69, 9.17) is 0 Å². The van der Waals surface area contributed by atoms with Crippen molar-refractivity contribution >= 4 is 11.8 Å². The summed E-state index contributed by atoms with van der Waals surface area (Å²) in [6.45, 7) is 3.26. The third-order valence-electron chi connectivity index (χ3n) is 3.46. The summed E-state index contributed by atoms with van der Waals surface area (Å²) in [6, 6.07) is 8.65. The van der Waals surface area contributed by atoms with Crippen molar-refractivity contribution in [1.82, 2.24) is 25.5 Å². The van der Waals surface area contributed by atoms with Gasteiger partial charge in [-0.05, 0) is 66.4 Å². The summed E-state index contributed by atoms with van der Waals surface area (Å²) in [5, 5.41) is 14.9. The molecule has 114 valence electrons. The summed E-state index contributed by atoms with van der Waals surface area (Å²) < 4.78 is 1.68. The molecule has 0 saturated carbocycles. The molecule has 0 aliphatic carbocycles. The van der Waals surface area contributed by atoms with Gasteiger partial charge in [-0.3, -0.25) is 0 Å². The summed E-state index contributed by atoms with van der Waals surface area (Å²) in [7, 11) is 0. The van der Waals surface area contributed by atoms with Crippen LogP contribution in [0.25, 0.3) is 5.69 Å². The van der Waals surface area contributed by atoms with Gasteiger partial charge in [-0.15, -0.1) is 5.10 Å². The molecule has 1 unspecified atom stereocenters. The van der Waals surface area contributed by atoms with Crippen LogP contribution in [0.4, 0.5) is 0 Å². The van der Waals surface area contributed by atoms with Crippen molar-refractivity contribution in [3.63, 3.8) is 0 Å². The van der Waals surface area contributed by atoms with E-state index in [0.717, 1.165) is 12.2 Å². The highest BCUT2D eigenvalue weighted by molar-refractivity contribution is 7.98. The quantitative estimate of drug-likeness (QED) is 0.722. The smallest absolute Gasteiger partial charge is 0.143 e. The van der Waals surface area contributed by atoms with Crippen LogP contribution in [0.3, 0.4) is 0 Å². The molecular weight excluding hydrogens is 282 g/mol. The molecular formula is C15H23N5S. The molecule has 1 aromatic heterocycles. The van der Waals surface area contributed by atoms with Gasteiger partial charge in [0.2, 0.25) is 0 Å². The van der Waals surface area contributed by atoms with Crippen molar-refractivity contribution in [2.75, 3.05) is 18.6 Å². The fourth-order valence-electron chi connectivity index (χ4n) is 2.20. The van der Waals surface area contributed by atoms with Crippen LogP contribution >= 0.6 is 11.8 Å². The van der Waals surface area contributed by atoms with Gasteiger partial charge in [0.05, 0.1) is 5.69 Å². The number of benzene rings is 1. The molecule has 5 nitrogen and oxygen atoms in total. The number of aromatic nitrogens is 4. The molecule has 2 rings (SSSR count). The van der Waals surface area contributed by atoms with Crippen LogP contribution in [0.2, 0.25) is 0 Å². The average molecular weight is 305 g/mol. The first-order valence-electron chi connectivity index (χ1n) is 7.37. The predicted molar refractivity (Wildman–Crippen MR) is 87.8 cm³/mol. The van der Waals surface area contributed by atoms with Crippen molar-refractivity contribution in [1.29, 1.82) is 0 Å². The fraction of sp³-hybridized carbons (Fsp3) is 0.533. The lowest BCUT2D eigenvalue weighted by atomic mass is 10.1. The second kappa shape index (κ2) is 8.79. The van der Waals surface area contributed by atoms with Crippen LogP contribution in [0.5, 0.6) is 0 Å². The zero-order valence-electron chi connectivity index (χ0n) is 12.7. The number of hydrogen-bond acceptors (Lipinski definition) is 5. The standard InChI is InChI=1S/C15H23N5S/c1-13(16-9-4-3-5-10-21-2)14-7-6-8-15(11-14)20-12-17-18-19-20/h6-8,11-13,16H,3-5,9-10H2,1-2H3. The molecule has 1 heterocycles. The molecule has 1 aromatic carbocycles. The topological polar surface area (TPSA) is 55.6 Å². The minimum Gasteiger partial charge on any atom is -0.310 e. The molecule has 0 aliphatic rings. The molecule has 6 heteroatoms. The van der Waals surface area contributed by atoms with Gasteiger partial charge in [0.15, 0.2) is 0 Å². The summed E-state index contributed by atoms with van der Waals surface area (Å²) in [4.78, 5) is 0. The lowest BCUT2D eigenvalue weighted by Gasteiger charge is -2.15. The summed E-state index contributed by atoms with van der Waals surface area (Å²) in [6.07, 6.45) is 7.62. The maximum Gasteiger partial charge on any atom is 0.143 e. The molecule has 0 fully saturated rings. The molecule has 0 saturated heterocycles. The van der Waals surface area contributed by atoms with E-state index in [-0.39, 0.29) is 0 Å². The van der Waals surface area contributed by atoms with Gasteiger partial charge in [-0.25, -0.2) is 4.68 Å². The Morgan fingerprint density at radius 2 is 2.19 bits per heavy atom. The molecule has 0 radical (unpaired) electrons. The number of unbranched alkanes of at least 4 members (excludes halogenated alkanes) is 2. The number of rotatable bonds is 9. The van der Waals surface area contributed by atoms with Gasteiger partial charge in [-0.1, -0.05) is 18.6 Å². The van der Waals surface area contributed by atoms with E-state index in [1.807, 2.05) is 23.9 Å². The van der Waals surface area contributed by atoms with Crippen LogP contribution in [0, 0.1) is 0 Å². The summed E-state index contributed by atoms with van der Waals surface area (Å²) in [5.74, 6) is 1.27. The molecule has 1 atom stereocenters. The van der Waals surface area contributed by atoms with Gasteiger partial charge < -0.3 is 5.32 Å². The van der Waals surface area contributed by atoms with Crippen LogP contribution in [-0.4, -0.2) is 38.8 Å². The fourth-order valence-corrected chi connectivity index (χ4v) is 2.69. The molecule has 0 bridgehead atoms. The van der Waals surface area contributed by atoms with Gasteiger partial charge >= 0.3 is 0 Å². The third-order valence-corrected chi connectivity index (χ3v) is 4.16. The Hall–Kier alpha value is -1.40. The van der Waals surface area contributed by atoms with E-state index >= 15 is 0 Å². The van der Waals surface area contributed by atoms with Gasteiger partial charge in [0.1, 0.15) is 6.33 Å². The van der Waals surface area contributed by atoms with Crippen molar-refractivity contribution in [3.05, 3.63) is 36.2 Å². The SMILES string of the molecule is CSCCCCCNC(C)c1cccc(-n2cnnn2)c1. The largest absolute Gasteiger partial charge is 0.310 e. The maximum absolute atomic E-state index is 3.92. The molecule has 0 spiro atoms. The zero-order chi connectivity index (χ0) is 14.9. The summed E-state index contributed by atoms with van der Waals surface area (Å²) >= 11 is 1.92. The minimum atomic E-state index is 0.335. The zero-order valence-corrected chi connectivity index (χ0v) is 13.5.